The summed E-state index contributed by atoms with van der Waals surface area (Å²) >= 11 is 0. The number of rotatable bonds is 6. The van der Waals surface area contributed by atoms with Gasteiger partial charge >= 0.3 is 0 Å². The summed E-state index contributed by atoms with van der Waals surface area (Å²) in [7, 11) is 0. The molecule has 0 fully saturated rings. The highest BCUT2D eigenvalue weighted by atomic mass is 16.4. The van der Waals surface area contributed by atoms with Crippen molar-refractivity contribution in [2.24, 2.45) is 0 Å². The van der Waals surface area contributed by atoms with Gasteiger partial charge in [-0.1, -0.05) is 30.3 Å². The Bertz CT molecular complexity index is 739. The second-order valence-corrected chi connectivity index (χ2v) is 4.92. The molecule has 0 N–H and O–H groups in total. The van der Waals surface area contributed by atoms with Gasteiger partial charge in [-0.15, -0.1) is 10.2 Å². The van der Waals surface area contributed by atoms with Crippen molar-refractivity contribution in [2.75, 3.05) is 0 Å². The third kappa shape index (κ3) is 3.44. The van der Waals surface area contributed by atoms with Crippen LogP contribution in [0.25, 0.3) is 11.5 Å². The smallest absolute Gasteiger partial charge is 0.284 e. The summed E-state index contributed by atoms with van der Waals surface area (Å²) in [6.45, 7) is 0. The highest BCUT2D eigenvalue weighted by molar-refractivity contribution is 5.91. The van der Waals surface area contributed by atoms with Gasteiger partial charge in [-0.2, -0.15) is 0 Å². The second kappa shape index (κ2) is 6.76. The molecule has 0 spiro atoms. The molecule has 2 aromatic heterocycles. The topological polar surface area (TPSA) is 68.9 Å². The van der Waals surface area contributed by atoms with Crippen LogP contribution in [0, 0.1) is 0 Å². The molecule has 3 aromatic rings. The van der Waals surface area contributed by atoms with Crippen LogP contribution in [-0.2, 0) is 6.42 Å². The molecule has 3 rings (SSSR count). The Hall–Kier alpha value is -2.82. The number of benzene rings is 1. The lowest BCUT2D eigenvalue weighted by molar-refractivity contribution is 0.0947. The van der Waals surface area contributed by atoms with Gasteiger partial charge in [0, 0.05) is 18.8 Å². The largest absolute Gasteiger partial charge is 0.414 e. The maximum absolute atomic E-state index is 12.1. The highest BCUT2D eigenvalue weighted by Gasteiger charge is 2.15. The first-order valence-electron chi connectivity index (χ1n) is 7.14. The van der Waals surface area contributed by atoms with Crippen LogP contribution in [0.15, 0.2) is 59.3 Å². The van der Waals surface area contributed by atoms with Gasteiger partial charge in [-0.25, -0.2) is 0 Å². The number of hydrogen-bond acceptors (Lipinski definition) is 5. The van der Waals surface area contributed by atoms with E-state index < -0.39 is 0 Å². The standard InChI is InChI=1S/C17H15N3O2/c21-15(10-4-8-13-6-2-1-3-7-13)17-20-19-16(22-17)14-9-5-11-18-12-14/h1-3,5-7,9,11-12H,4,8,10H2. The predicted octanol–water partition coefficient (Wildman–Crippen LogP) is 3.34. The van der Waals surface area contributed by atoms with Gasteiger partial charge in [0.2, 0.25) is 11.7 Å². The zero-order valence-electron chi connectivity index (χ0n) is 12.0. The molecule has 0 saturated carbocycles. The zero-order valence-corrected chi connectivity index (χ0v) is 12.0. The van der Waals surface area contributed by atoms with Crippen LogP contribution < -0.4 is 0 Å². The lowest BCUT2D eigenvalue weighted by Crippen LogP contribution is -2.00. The van der Waals surface area contributed by atoms with Gasteiger partial charge in [0.05, 0.1) is 5.56 Å². The third-order valence-electron chi connectivity index (χ3n) is 3.28. The molecule has 0 atom stereocenters. The molecule has 0 aliphatic heterocycles. The van der Waals surface area contributed by atoms with E-state index in [1.54, 1.807) is 18.5 Å². The van der Waals surface area contributed by atoms with E-state index in [4.69, 9.17) is 4.42 Å². The van der Waals surface area contributed by atoms with Crippen LogP contribution in [0.2, 0.25) is 0 Å². The van der Waals surface area contributed by atoms with E-state index in [-0.39, 0.29) is 11.7 Å². The Labute approximate surface area is 128 Å². The van der Waals surface area contributed by atoms with E-state index in [2.05, 4.69) is 27.3 Å². The van der Waals surface area contributed by atoms with Crippen LogP contribution in [-0.4, -0.2) is 21.0 Å². The monoisotopic (exact) mass is 293 g/mol. The number of nitrogens with zero attached hydrogens (tertiary/aromatic N) is 3. The number of pyridine rings is 1. The fraction of sp³-hybridized carbons (Fsp3) is 0.176. The van der Waals surface area contributed by atoms with Crippen LogP contribution in [0.3, 0.4) is 0 Å². The van der Waals surface area contributed by atoms with Gasteiger partial charge in [-0.3, -0.25) is 9.78 Å². The summed E-state index contributed by atoms with van der Waals surface area (Å²) in [6.07, 6.45) is 5.29. The van der Waals surface area contributed by atoms with Crippen molar-refractivity contribution >= 4 is 5.78 Å². The van der Waals surface area contributed by atoms with Gasteiger partial charge in [0.25, 0.3) is 5.89 Å². The fourth-order valence-electron chi connectivity index (χ4n) is 2.15. The molecule has 0 bridgehead atoms. The number of aromatic nitrogens is 3. The first-order valence-corrected chi connectivity index (χ1v) is 7.14. The summed E-state index contributed by atoms with van der Waals surface area (Å²) in [5.41, 5.74) is 1.93. The highest BCUT2D eigenvalue weighted by Crippen LogP contribution is 2.17. The fourth-order valence-corrected chi connectivity index (χ4v) is 2.15. The summed E-state index contributed by atoms with van der Waals surface area (Å²) in [5, 5.41) is 7.72. The average molecular weight is 293 g/mol. The molecule has 1 aromatic carbocycles. The molecule has 0 radical (unpaired) electrons. The van der Waals surface area contributed by atoms with E-state index in [1.165, 1.54) is 5.56 Å². The minimum atomic E-state index is -0.126. The molecule has 0 saturated heterocycles. The molecule has 22 heavy (non-hydrogen) atoms. The summed E-state index contributed by atoms with van der Waals surface area (Å²) in [6, 6.07) is 13.7. The van der Waals surface area contributed by atoms with Crippen molar-refractivity contribution < 1.29 is 9.21 Å². The van der Waals surface area contributed by atoms with E-state index in [0.717, 1.165) is 12.8 Å². The average Bonchev–Trinajstić information content (AvgIpc) is 3.07. The van der Waals surface area contributed by atoms with Gasteiger partial charge in [0.1, 0.15) is 0 Å². The summed E-state index contributed by atoms with van der Waals surface area (Å²) < 4.78 is 5.42. The number of aryl methyl sites for hydroxylation is 1. The maximum Gasteiger partial charge on any atom is 0.284 e. The quantitative estimate of drug-likeness (QED) is 0.652. The van der Waals surface area contributed by atoms with Crippen molar-refractivity contribution in [2.45, 2.75) is 19.3 Å². The van der Waals surface area contributed by atoms with Gasteiger partial charge in [-0.05, 0) is 30.5 Å². The zero-order chi connectivity index (χ0) is 15.2. The van der Waals surface area contributed by atoms with E-state index in [9.17, 15) is 4.79 Å². The second-order valence-electron chi connectivity index (χ2n) is 4.92. The van der Waals surface area contributed by atoms with E-state index in [0.29, 0.717) is 17.9 Å². The Balaban J connectivity index is 1.58. The van der Waals surface area contributed by atoms with Crippen molar-refractivity contribution in [1.82, 2.24) is 15.2 Å². The Morgan fingerprint density at radius 3 is 2.68 bits per heavy atom. The Morgan fingerprint density at radius 1 is 1.05 bits per heavy atom. The minimum absolute atomic E-state index is 0.0620. The molecule has 110 valence electrons. The molecular weight excluding hydrogens is 278 g/mol. The Kier molecular flexibility index (Phi) is 4.34. The molecule has 5 heteroatoms. The molecule has 2 heterocycles. The number of carbonyl (C=O) groups excluding carboxylic acids is 1. The number of ketones is 1. The van der Waals surface area contributed by atoms with E-state index in [1.807, 2.05) is 24.3 Å². The molecule has 0 aliphatic carbocycles. The van der Waals surface area contributed by atoms with Crippen LogP contribution in [0.4, 0.5) is 0 Å². The summed E-state index contributed by atoms with van der Waals surface area (Å²) in [5.74, 6) is 0.255. The summed E-state index contributed by atoms with van der Waals surface area (Å²) in [4.78, 5) is 16.1. The first-order chi connectivity index (χ1) is 10.8. The normalized spacial score (nSPS) is 10.5. The molecule has 0 aliphatic rings. The number of hydrogen-bond donors (Lipinski definition) is 0. The molecule has 5 nitrogen and oxygen atoms in total. The predicted molar refractivity (Wildman–Crippen MR) is 81.2 cm³/mol. The van der Waals surface area contributed by atoms with Crippen LogP contribution in [0.5, 0.6) is 0 Å². The molecule has 0 amide bonds. The van der Waals surface area contributed by atoms with Crippen molar-refractivity contribution in [3.63, 3.8) is 0 Å². The van der Waals surface area contributed by atoms with Gasteiger partial charge in [0.15, 0.2) is 0 Å². The lowest BCUT2D eigenvalue weighted by atomic mass is 10.1. The lowest BCUT2D eigenvalue weighted by Gasteiger charge is -1.99. The number of carbonyl (C=O) groups is 1. The van der Waals surface area contributed by atoms with Gasteiger partial charge < -0.3 is 4.42 Å². The molecular formula is C17H15N3O2. The molecule has 0 unspecified atom stereocenters. The Morgan fingerprint density at radius 2 is 1.91 bits per heavy atom. The van der Waals surface area contributed by atoms with Crippen LogP contribution >= 0.6 is 0 Å². The number of Topliss-reactive ketones (excluding diaryl/α,β-unsaturated/α-hetero) is 1. The third-order valence-corrected chi connectivity index (χ3v) is 3.28. The van der Waals surface area contributed by atoms with E-state index >= 15 is 0 Å². The first kappa shape index (κ1) is 14.1. The van der Waals surface area contributed by atoms with Crippen molar-refractivity contribution in [1.29, 1.82) is 0 Å². The maximum atomic E-state index is 12.1. The van der Waals surface area contributed by atoms with Crippen LogP contribution in [0.1, 0.15) is 29.1 Å². The van der Waals surface area contributed by atoms with Crippen molar-refractivity contribution in [3.05, 3.63) is 66.3 Å². The SMILES string of the molecule is O=C(CCCc1ccccc1)c1nnc(-c2cccnc2)o1. The minimum Gasteiger partial charge on any atom is -0.414 e. The van der Waals surface area contributed by atoms with Crippen molar-refractivity contribution in [3.8, 4) is 11.5 Å².